The Kier molecular flexibility index (Phi) is 4.28. The minimum absolute atomic E-state index is 0.246. The summed E-state index contributed by atoms with van der Waals surface area (Å²) in [5.74, 6) is 1.74. The molecular formula is C23H24N2O3S. The van der Waals surface area contributed by atoms with Crippen molar-refractivity contribution in [3.05, 3.63) is 48.3 Å². The lowest BCUT2D eigenvalue weighted by molar-refractivity contribution is 0.415. The van der Waals surface area contributed by atoms with Crippen LogP contribution in [-0.4, -0.2) is 36.6 Å². The lowest BCUT2D eigenvalue weighted by Gasteiger charge is -2.13. The van der Waals surface area contributed by atoms with Crippen molar-refractivity contribution < 1.29 is 13.2 Å². The maximum Gasteiger partial charge on any atom is 0.150 e. The lowest BCUT2D eigenvalue weighted by Crippen LogP contribution is -2.09. The number of rotatable bonds is 4. The lowest BCUT2D eigenvalue weighted by atomic mass is 10.0. The van der Waals surface area contributed by atoms with Gasteiger partial charge in [-0.2, -0.15) is 0 Å². The van der Waals surface area contributed by atoms with Gasteiger partial charge in [-0.15, -0.1) is 0 Å². The second-order valence-corrected chi connectivity index (χ2v) is 10.3. The van der Waals surface area contributed by atoms with Gasteiger partial charge < -0.3 is 9.30 Å². The van der Waals surface area contributed by atoms with E-state index < -0.39 is 9.84 Å². The molecule has 29 heavy (non-hydrogen) atoms. The summed E-state index contributed by atoms with van der Waals surface area (Å²) in [6.45, 7) is 2.97. The number of benzene rings is 2. The Morgan fingerprint density at radius 3 is 2.79 bits per heavy atom. The molecule has 2 aromatic carbocycles. The number of aryl methyl sites for hydroxylation is 2. The highest BCUT2D eigenvalue weighted by atomic mass is 32.2. The molecule has 0 bridgehead atoms. The van der Waals surface area contributed by atoms with Gasteiger partial charge in [0.05, 0.1) is 24.1 Å². The van der Waals surface area contributed by atoms with Gasteiger partial charge in [-0.25, -0.2) is 8.42 Å². The molecule has 1 fully saturated rings. The monoisotopic (exact) mass is 408 g/mol. The van der Waals surface area contributed by atoms with Crippen molar-refractivity contribution in [2.24, 2.45) is 5.92 Å². The molecule has 0 spiro atoms. The average Bonchev–Trinajstić information content (AvgIpc) is 3.23. The highest BCUT2D eigenvalue weighted by molar-refractivity contribution is 7.91. The summed E-state index contributed by atoms with van der Waals surface area (Å²) in [6, 6.07) is 10.5. The Balaban J connectivity index is 1.70. The normalized spacial score (nSPS) is 18.8. The van der Waals surface area contributed by atoms with E-state index in [0.717, 1.165) is 41.4 Å². The molecule has 4 aromatic rings. The molecule has 0 radical (unpaired) electrons. The van der Waals surface area contributed by atoms with Crippen LogP contribution in [0.2, 0.25) is 0 Å². The molecular weight excluding hydrogens is 384 g/mol. The van der Waals surface area contributed by atoms with Crippen LogP contribution in [0.15, 0.2) is 42.7 Å². The molecule has 0 aliphatic carbocycles. The van der Waals surface area contributed by atoms with Gasteiger partial charge in [0.15, 0.2) is 9.84 Å². The zero-order valence-corrected chi connectivity index (χ0v) is 17.5. The predicted molar refractivity (Wildman–Crippen MR) is 117 cm³/mol. The van der Waals surface area contributed by atoms with E-state index in [4.69, 9.17) is 4.74 Å². The van der Waals surface area contributed by atoms with E-state index in [-0.39, 0.29) is 5.92 Å². The van der Waals surface area contributed by atoms with Crippen molar-refractivity contribution in [2.45, 2.75) is 26.3 Å². The minimum atomic E-state index is -2.85. The van der Waals surface area contributed by atoms with Gasteiger partial charge in [0, 0.05) is 40.6 Å². The second-order valence-electron chi connectivity index (χ2n) is 8.09. The molecule has 0 saturated carbocycles. The molecule has 0 amide bonds. The molecule has 1 atom stereocenters. The smallest absolute Gasteiger partial charge is 0.150 e. The summed E-state index contributed by atoms with van der Waals surface area (Å²) < 4.78 is 31.6. The van der Waals surface area contributed by atoms with E-state index in [1.54, 1.807) is 7.11 Å². The van der Waals surface area contributed by atoms with Gasteiger partial charge in [0.1, 0.15) is 5.75 Å². The van der Waals surface area contributed by atoms with Crippen LogP contribution in [0.5, 0.6) is 5.75 Å². The van der Waals surface area contributed by atoms with E-state index in [1.165, 1.54) is 21.9 Å². The highest BCUT2D eigenvalue weighted by Crippen LogP contribution is 2.37. The topological polar surface area (TPSA) is 61.2 Å². The van der Waals surface area contributed by atoms with Crippen LogP contribution in [0.25, 0.3) is 32.6 Å². The molecule has 5 rings (SSSR count). The zero-order chi connectivity index (χ0) is 20.2. The maximum atomic E-state index is 11.9. The zero-order valence-electron chi connectivity index (χ0n) is 16.7. The molecule has 5 nitrogen and oxygen atoms in total. The van der Waals surface area contributed by atoms with E-state index in [2.05, 4.69) is 40.7 Å². The van der Waals surface area contributed by atoms with E-state index in [1.807, 2.05) is 18.5 Å². The van der Waals surface area contributed by atoms with Crippen LogP contribution in [0.3, 0.4) is 0 Å². The Morgan fingerprint density at radius 1 is 1.17 bits per heavy atom. The van der Waals surface area contributed by atoms with Crippen LogP contribution in [0.1, 0.15) is 18.4 Å². The Hall–Kier alpha value is -2.60. The molecule has 1 unspecified atom stereocenters. The molecule has 3 heterocycles. The first-order chi connectivity index (χ1) is 14.0. The van der Waals surface area contributed by atoms with Crippen LogP contribution in [-0.2, 0) is 16.4 Å². The molecule has 1 aliphatic rings. The third-order valence-corrected chi connectivity index (χ3v) is 8.15. The summed E-state index contributed by atoms with van der Waals surface area (Å²) in [4.78, 5) is 4.30. The highest BCUT2D eigenvalue weighted by Gasteiger charge is 2.28. The standard InChI is InChI=1S/C23H24N2O3S/c1-15-19-5-8-24-13-17(19)11-21-20-12-18(28-2)3-4-22(20)25(23(15)21)9-6-16-7-10-29(26,27)14-16/h3-5,8,11-13,16H,6-7,9-10,14H2,1-2H3. The summed E-state index contributed by atoms with van der Waals surface area (Å²) in [7, 11) is -1.16. The van der Waals surface area contributed by atoms with Gasteiger partial charge >= 0.3 is 0 Å². The number of methoxy groups -OCH3 is 1. The number of aromatic nitrogens is 2. The summed E-state index contributed by atoms with van der Waals surface area (Å²) in [5.41, 5.74) is 3.61. The maximum absolute atomic E-state index is 11.9. The summed E-state index contributed by atoms with van der Waals surface area (Å²) in [6.07, 6.45) is 5.40. The Bertz CT molecular complexity index is 1360. The number of hydrogen-bond acceptors (Lipinski definition) is 4. The van der Waals surface area contributed by atoms with Crippen LogP contribution >= 0.6 is 0 Å². The predicted octanol–water partition coefficient (Wildman–Crippen LogP) is 4.48. The van der Waals surface area contributed by atoms with Crippen molar-refractivity contribution in [2.75, 3.05) is 18.6 Å². The van der Waals surface area contributed by atoms with Crippen molar-refractivity contribution >= 4 is 42.4 Å². The number of hydrogen-bond donors (Lipinski definition) is 0. The van der Waals surface area contributed by atoms with E-state index in [9.17, 15) is 8.42 Å². The molecule has 6 heteroatoms. The Morgan fingerprint density at radius 2 is 2.03 bits per heavy atom. The third-order valence-electron chi connectivity index (χ3n) is 6.31. The summed E-state index contributed by atoms with van der Waals surface area (Å²) >= 11 is 0. The van der Waals surface area contributed by atoms with Gasteiger partial charge in [0.2, 0.25) is 0 Å². The first-order valence-corrected chi connectivity index (χ1v) is 11.8. The fourth-order valence-electron chi connectivity index (χ4n) is 4.83. The molecule has 1 aliphatic heterocycles. The van der Waals surface area contributed by atoms with Crippen LogP contribution < -0.4 is 4.74 Å². The minimum Gasteiger partial charge on any atom is -0.497 e. The number of sulfone groups is 1. The van der Waals surface area contributed by atoms with Gasteiger partial charge in [-0.1, -0.05) is 0 Å². The van der Waals surface area contributed by atoms with Crippen LogP contribution in [0.4, 0.5) is 0 Å². The number of pyridine rings is 1. The first-order valence-electron chi connectivity index (χ1n) is 10.0. The van der Waals surface area contributed by atoms with E-state index >= 15 is 0 Å². The molecule has 1 saturated heterocycles. The fraction of sp³-hybridized carbons (Fsp3) is 0.348. The van der Waals surface area contributed by atoms with Crippen molar-refractivity contribution in [3.8, 4) is 5.75 Å². The largest absolute Gasteiger partial charge is 0.497 e. The van der Waals surface area contributed by atoms with Gasteiger partial charge in [0.25, 0.3) is 0 Å². The van der Waals surface area contributed by atoms with Gasteiger partial charge in [-0.05, 0) is 67.0 Å². The van der Waals surface area contributed by atoms with Crippen molar-refractivity contribution in [1.29, 1.82) is 0 Å². The Labute approximate surface area is 170 Å². The van der Waals surface area contributed by atoms with Crippen molar-refractivity contribution in [3.63, 3.8) is 0 Å². The summed E-state index contributed by atoms with van der Waals surface area (Å²) in [5, 5.41) is 4.68. The fourth-order valence-corrected chi connectivity index (χ4v) is 6.74. The SMILES string of the molecule is COc1ccc2c(c1)c1cc3cnccc3c(C)c1n2CCC1CCS(=O)(=O)C1. The molecule has 150 valence electrons. The second kappa shape index (κ2) is 6.73. The number of nitrogens with zero attached hydrogens (tertiary/aromatic N) is 2. The molecule has 2 aromatic heterocycles. The number of ether oxygens (including phenoxy) is 1. The van der Waals surface area contributed by atoms with Gasteiger partial charge in [-0.3, -0.25) is 4.98 Å². The van der Waals surface area contributed by atoms with E-state index in [0.29, 0.717) is 11.5 Å². The molecule has 0 N–H and O–H groups in total. The van der Waals surface area contributed by atoms with Crippen molar-refractivity contribution in [1.82, 2.24) is 9.55 Å². The average molecular weight is 409 g/mol. The third kappa shape index (κ3) is 3.06. The van der Waals surface area contributed by atoms with Crippen LogP contribution in [0, 0.1) is 12.8 Å². The number of fused-ring (bicyclic) bond motifs is 4. The first kappa shape index (κ1) is 18.4. The quantitative estimate of drug-likeness (QED) is 0.499.